The van der Waals surface area contributed by atoms with Crippen LogP contribution in [0.4, 0.5) is 5.69 Å². The van der Waals surface area contributed by atoms with Crippen LogP contribution in [0.2, 0.25) is 0 Å². The second-order valence-electron chi connectivity index (χ2n) is 6.21. The summed E-state index contributed by atoms with van der Waals surface area (Å²) in [7, 11) is 0. The van der Waals surface area contributed by atoms with Crippen LogP contribution in [0.15, 0.2) is 42.5 Å². The molecule has 0 spiro atoms. The number of para-hydroxylation sites is 1. The highest BCUT2D eigenvalue weighted by atomic mass is 16.5. The average Bonchev–Trinajstić information content (AvgIpc) is 3.09. The van der Waals surface area contributed by atoms with Gasteiger partial charge in [-0.2, -0.15) is 0 Å². The summed E-state index contributed by atoms with van der Waals surface area (Å²) < 4.78 is 11.4. The molecule has 0 aliphatic carbocycles. The minimum Gasteiger partial charge on any atom is -0.490 e. The highest BCUT2D eigenvalue weighted by molar-refractivity contribution is 6.06. The first-order chi connectivity index (χ1) is 11.6. The number of hydrogen-bond donors (Lipinski definition) is 1. The van der Waals surface area contributed by atoms with Gasteiger partial charge in [0.05, 0.1) is 11.7 Å². The lowest BCUT2D eigenvalue weighted by Crippen LogP contribution is -2.19. The van der Waals surface area contributed by atoms with Crippen molar-refractivity contribution in [3.63, 3.8) is 0 Å². The Hall–Kier alpha value is -2.33. The molecule has 24 heavy (non-hydrogen) atoms. The van der Waals surface area contributed by atoms with Crippen molar-refractivity contribution >= 4 is 11.6 Å². The van der Waals surface area contributed by atoms with E-state index in [4.69, 9.17) is 9.47 Å². The molecule has 2 aromatic carbocycles. The molecule has 1 aliphatic rings. The van der Waals surface area contributed by atoms with Crippen LogP contribution in [0.1, 0.15) is 34.3 Å². The molecule has 1 aliphatic heterocycles. The fourth-order valence-electron chi connectivity index (χ4n) is 2.88. The van der Waals surface area contributed by atoms with Crippen molar-refractivity contribution in [2.75, 3.05) is 18.5 Å². The van der Waals surface area contributed by atoms with E-state index in [9.17, 15) is 4.79 Å². The van der Waals surface area contributed by atoms with E-state index in [1.165, 1.54) is 5.56 Å². The fraction of sp³-hybridized carbons (Fsp3) is 0.350. The third-order valence-electron chi connectivity index (χ3n) is 4.21. The minimum absolute atomic E-state index is 0.125. The normalized spacial score (nSPS) is 16.8. The van der Waals surface area contributed by atoms with Gasteiger partial charge in [-0.1, -0.05) is 29.8 Å². The van der Waals surface area contributed by atoms with Crippen molar-refractivity contribution in [2.24, 2.45) is 0 Å². The van der Waals surface area contributed by atoms with Crippen LogP contribution < -0.4 is 10.1 Å². The molecular formula is C20H23NO3. The number of carbonyl (C=O) groups excluding carboxylic acids is 1. The molecule has 4 heteroatoms. The van der Waals surface area contributed by atoms with E-state index in [1.54, 1.807) is 6.07 Å². The first kappa shape index (κ1) is 16.5. The number of amides is 1. The molecule has 1 amide bonds. The summed E-state index contributed by atoms with van der Waals surface area (Å²) in [5.41, 5.74) is 3.57. The summed E-state index contributed by atoms with van der Waals surface area (Å²) in [5, 5.41) is 2.97. The van der Waals surface area contributed by atoms with Crippen molar-refractivity contribution in [3.8, 4) is 5.75 Å². The molecular weight excluding hydrogens is 302 g/mol. The number of benzene rings is 2. The van der Waals surface area contributed by atoms with Crippen LogP contribution in [0, 0.1) is 13.8 Å². The molecule has 0 saturated carbocycles. The number of carbonyl (C=O) groups is 1. The zero-order chi connectivity index (χ0) is 16.9. The summed E-state index contributed by atoms with van der Waals surface area (Å²) >= 11 is 0. The molecule has 0 radical (unpaired) electrons. The molecule has 1 N–H and O–H groups in total. The third kappa shape index (κ3) is 3.95. The first-order valence-electron chi connectivity index (χ1n) is 8.35. The van der Waals surface area contributed by atoms with Gasteiger partial charge in [0.25, 0.3) is 5.91 Å². The van der Waals surface area contributed by atoms with E-state index in [1.807, 2.05) is 44.2 Å². The summed E-state index contributed by atoms with van der Waals surface area (Å²) in [5.74, 6) is 0.431. The van der Waals surface area contributed by atoms with Gasteiger partial charge >= 0.3 is 0 Å². The lowest BCUT2D eigenvalue weighted by Gasteiger charge is -2.15. The topological polar surface area (TPSA) is 47.6 Å². The van der Waals surface area contributed by atoms with E-state index in [-0.39, 0.29) is 12.0 Å². The van der Waals surface area contributed by atoms with E-state index >= 15 is 0 Å². The van der Waals surface area contributed by atoms with Gasteiger partial charge in [-0.15, -0.1) is 0 Å². The number of rotatable bonds is 5. The van der Waals surface area contributed by atoms with Crippen LogP contribution >= 0.6 is 0 Å². The maximum atomic E-state index is 12.6. The largest absolute Gasteiger partial charge is 0.490 e. The van der Waals surface area contributed by atoms with Crippen LogP contribution in [-0.2, 0) is 4.74 Å². The van der Waals surface area contributed by atoms with Crippen LogP contribution in [-0.4, -0.2) is 25.2 Å². The Kier molecular flexibility index (Phi) is 5.16. The molecule has 3 rings (SSSR count). The molecule has 1 fully saturated rings. The SMILES string of the molecule is Cc1ccc(NC(=O)c2ccccc2OC[C@H]2CCCO2)c(C)c1. The number of aryl methyl sites for hydroxylation is 2. The van der Waals surface area contributed by atoms with Gasteiger partial charge in [0.15, 0.2) is 0 Å². The van der Waals surface area contributed by atoms with Gasteiger partial charge < -0.3 is 14.8 Å². The molecule has 2 aromatic rings. The molecule has 126 valence electrons. The Balaban J connectivity index is 1.72. The van der Waals surface area contributed by atoms with Crippen molar-refractivity contribution < 1.29 is 14.3 Å². The molecule has 0 bridgehead atoms. The average molecular weight is 325 g/mol. The van der Waals surface area contributed by atoms with Crippen LogP contribution in [0.25, 0.3) is 0 Å². The van der Waals surface area contributed by atoms with Crippen molar-refractivity contribution in [3.05, 3.63) is 59.2 Å². The zero-order valence-electron chi connectivity index (χ0n) is 14.2. The Morgan fingerprint density at radius 3 is 2.83 bits per heavy atom. The third-order valence-corrected chi connectivity index (χ3v) is 4.21. The monoisotopic (exact) mass is 325 g/mol. The van der Waals surface area contributed by atoms with Gasteiger partial charge in [-0.05, 0) is 50.5 Å². The second kappa shape index (κ2) is 7.49. The smallest absolute Gasteiger partial charge is 0.259 e. The molecule has 1 heterocycles. The van der Waals surface area contributed by atoms with E-state index in [0.29, 0.717) is 17.9 Å². The number of hydrogen-bond acceptors (Lipinski definition) is 3. The van der Waals surface area contributed by atoms with Gasteiger partial charge in [-0.25, -0.2) is 0 Å². The standard InChI is InChI=1S/C20H23NO3/c1-14-9-10-18(15(2)12-14)21-20(22)17-7-3-4-8-19(17)24-13-16-6-5-11-23-16/h3-4,7-10,12,16H,5-6,11,13H2,1-2H3,(H,21,22)/t16-/m1/s1. The lowest BCUT2D eigenvalue weighted by atomic mass is 10.1. The Morgan fingerprint density at radius 1 is 1.25 bits per heavy atom. The van der Waals surface area contributed by atoms with E-state index in [0.717, 1.165) is 30.7 Å². The van der Waals surface area contributed by atoms with Crippen molar-refractivity contribution in [1.82, 2.24) is 0 Å². The fourth-order valence-corrected chi connectivity index (χ4v) is 2.88. The van der Waals surface area contributed by atoms with Crippen LogP contribution in [0.3, 0.4) is 0 Å². The summed E-state index contributed by atoms with van der Waals surface area (Å²) in [6, 6.07) is 13.3. The Labute approximate surface area is 142 Å². The number of ether oxygens (including phenoxy) is 2. The molecule has 0 unspecified atom stereocenters. The minimum atomic E-state index is -0.162. The summed E-state index contributed by atoms with van der Waals surface area (Å²) in [6.45, 7) is 5.30. The Morgan fingerprint density at radius 2 is 2.08 bits per heavy atom. The Bertz CT molecular complexity index is 721. The van der Waals surface area contributed by atoms with E-state index in [2.05, 4.69) is 11.4 Å². The predicted octanol–water partition coefficient (Wildman–Crippen LogP) is 4.11. The van der Waals surface area contributed by atoms with Gasteiger partial charge in [0.2, 0.25) is 0 Å². The highest BCUT2D eigenvalue weighted by Gasteiger charge is 2.18. The van der Waals surface area contributed by atoms with Crippen LogP contribution in [0.5, 0.6) is 5.75 Å². The zero-order valence-corrected chi connectivity index (χ0v) is 14.2. The van der Waals surface area contributed by atoms with Gasteiger partial charge in [-0.3, -0.25) is 4.79 Å². The summed E-state index contributed by atoms with van der Waals surface area (Å²) in [4.78, 5) is 12.6. The second-order valence-corrected chi connectivity index (χ2v) is 6.21. The van der Waals surface area contributed by atoms with Gasteiger partial charge in [0.1, 0.15) is 12.4 Å². The summed E-state index contributed by atoms with van der Waals surface area (Å²) in [6.07, 6.45) is 2.21. The number of nitrogens with one attached hydrogen (secondary N) is 1. The molecule has 4 nitrogen and oxygen atoms in total. The maximum Gasteiger partial charge on any atom is 0.259 e. The number of anilines is 1. The predicted molar refractivity (Wildman–Crippen MR) is 94.8 cm³/mol. The van der Waals surface area contributed by atoms with E-state index < -0.39 is 0 Å². The lowest BCUT2D eigenvalue weighted by molar-refractivity contribution is 0.0673. The highest BCUT2D eigenvalue weighted by Crippen LogP contribution is 2.23. The van der Waals surface area contributed by atoms with Crippen molar-refractivity contribution in [2.45, 2.75) is 32.8 Å². The molecule has 0 aromatic heterocycles. The molecule has 1 atom stereocenters. The van der Waals surface area contributed by atoms with Crippen molar-refractivity contribution in [1.29, 1.82) is 0 Å². The quantitative estimate of drug-likeness (QED) is 0.900. The maximum absolute atomic E-state index is 12.6. The molecule has 1 saturated heterocycles. The first-order valence-corrected chi connectivity index (χ1v) is 8.35. The van der Waals surface area contributed by atoms with Gasteiger partial charge in [0, 0.05) is 12.3 Å².